The summed E-state index contributed by atoms with van der Waals surface area (Å²) in [4.78, 5) is 10.4. The summed E-state index contributed by atoms with van der Waals surface area (Å²) in [6.07, 6.45) is 3.35. The lowest BCUT2D eigenvalue weighted by molar-refractivity contribution is 0.00610. The lowest BCUT2D eigenvalue weighted by atomic mass is 10.0. The van der Waals surface area contributed by atoms with Crippen LogP contribution in [0.25, 0.3) is 11.0 Å². The van der Waals surface area contributed by atoms with Gasteiger partial charge in [0, 0.05) is 56.6 Å². The number of aromatic nitrogens is 2. The Morgan fingerprint density at radius 3 is 2.55 bits per heavy atom. The second-order valence-electron chi connectivity index (χ2n) is 9.99. The van der Waals surface area contributed by atoms with E-state index in [1.54, 1.807) is 28.7 Å². The fourth-order valence-corrected chi connectivity index (χ4v) is 6.93. The Labute approximate surface area is 228 Å². The molecule has 2 aliphatic heterocycles. The number of morpholine rings is 1. The predicted molar refractivity (Wildman–Crippen MR) is 150 cm³/mol. The normalized spacial score (nSPS) is 18.2. The van der Waals surface area contributed by atoms with Gasteiger partial charge in [-0.2, -0.15) is 4.31 Å². The van der Waals surface area contributed by atoms with Gasteiger partial charge >= 0.3 is 0 Å². The standard InChI is InChI=1S/C26H35ClN6O4S/c1-17(2)29-22-15-24(31-26-25(22)20(27)16-28-26)30-21-5-4-19(14-23(21)36-3)38(34,35)33-8-6-18(7-9-33)32-10-12-37-13-11-32/h4-5,14-18H,6-13H2,1-3H3,(H3,28,29,30,31). The molecular weight excluding hydrogens is 528 g/mol. The van der Waals surface area contributed by atoms with Crippen molar-refractivity contribution in [1.29, 1.82) is 0 Å². The van der Waals surface area contributed by atoms with Gasteiger partial charge in [0.2, 0.25) is 10.0 Å². The van der Waals surface area contributed by atoms with Crippen LogP contribution >= 0.6 is 11.6 Å². The van der Waals surface area contributed by atoms with Crippen molar-refractivity contribution in [2.45, 2.75) is 43.7 Å². The first-order valence-corrected chi connectivity index (χ1v) is 14.8. The molecule has 0 amide bonds. The number of fused-ring (bicyclic) bond motifs is 1. The molecule has 0 spiro atoms. The molecule has 0 aliphatic carbocycles. The number of benzene rings is 1. The molecule has 206 valence electrons. The highest BCUT2D eigenvalue weighted by atomic mass is 35.5. The number of hydrogen-bond donors (Lipinski definition) is 3. The minimum atomic E-state index is -3.65. The minimum absolute atomic E-state index is 0.192. The van der Waals surface area contributed by atoms with Crippen LogP contribution in [0.1, 0.15) is 26.7 Å². The molecular formula is C26H35ClN6O4S. The maximum Gasteiger partial charge on any atom is 0.243 e. The van der Waals surface area contributed by atoms with Gasteiger partial charge in [0.1, 0.15) is 17.2 Å². The summed E-state index contributed by atoms with van der Waals surface area (Å²) in [7, 11) is -2.12. The van der Waals surface area contributed by atoms with E-state index in [1.807, 2.05) is 19.9 Å². The van der Waals surface area contributed by atoms with Gasteiger partial charge in [-0.25, -0.2) is 13.4 Å². The quantitative estimate of drug-likeness (QED) is 0.373. The molecule has 0 radical (unpaired) electrons. The third-order valence-electron chi connectivity index (χ3n) is 7.10. The lowest BCUT2D eigenvalue weighted by Crippen LogP contribution is -2.50. The number of ether oxygens (including phenoxy) is 2. The molecule has 3 N–H and O–H groups in total. The maximum absolute atomic E-state index is 13.5. The van der Waals surface area contributed by atoms with Gasteiger partial charge in [0.05, 0.1) is 47.0 Å². The first-order chi connectivity index (χ1) is 18.3. The van der Waals surface area contributed by atoms with Crippen molar-refractivity contribution >= 4 is 49.9 Å². The van der Waals surface area contributed by atoms with Gasteiger partial charge in [-0.05, 0) is 38.8 Å². The van der Waals surface area contributed by atoms with Crippen molar-refractivity contribution in [3.63, 3.8) is 0 Å². The Morgan fingerprint density at radius 1 is 1.13 bits per heavy atom. The molecule has 4 heterocycles. The highest BCUT2D eigenvalue weighted by Gasteiger charge is 2.32. The molecule has 2 aromatic heterocycles. The van der Waals surface area contributed by atoms with E-state index in [9.17, 15) is 8.42 Å². The van der Waals surface area contributed by atoms with Crippen molar-refractivity contribution in [2.75, 3.05) is 57.1 Å². The molecule has 3 aromatic rings. The number of hydrogen-bond acceptors (Lipinski definition) is 8. The Kier molecular flexibility index (Phi) is 8.01. The zero-order valence-corrected chi connectivity index (χ0v) is 23.5. The van der Waals surface area contributed by atoms with Crippen LogP contribution in [-0.4, -0.2) is 86.2 Å². The van der Waals surface area contributed by atoms with E-state index in [-0.39, 0.29) is 10.9 Å². The average molecular weight is 563 g/mol. The van der Waals surface area contributed by atoms with Crippen molar-refractivity contribution < 1.29 is 17.9 Å². The van der Waals surface area contributed by atoms with Crippen LogP contribution in [0.15, 0.2) is 35.4 Å². The van der Waals surface area contributed by atoms with Gasteiger partial charge < -0.3 is 25.1 Å². The summed E-state index contributed by atoms with van der Waals surface area (Å²) in [5.41, 5.74) is 2.09. The summed E-state index contributed by atoms with van der Waals surface area (Å²) < 4.78 is 39.6. The summed E-state index contributed by atoms with van der Waals surface area (Å²) >= 11 is 6.37. The molecule has 10 nitrogen and oxygen atoms in total. The largest absolute Gasteiger partial charge is 0.495 e. The van der Waals surface area contributed by atoms with Gasteiger partial charge in [0.15, 0.2) is 0 Å². The molecule has 2 fully saturated rings. The summed E-state index contributed by atoms with van der Waals surface area (Å²) in [6.45, 7) is 8.42. The molecule has 5 rings (SSSR count). The van der Waals surface area contributed by atoms with Crippen LogP contribution in [-0.2, 0) is 14.8 Å². The van der Waals surface area contributed by atoms with E-state index in [0.29, 0.717) is 47.1 Å². The van der Waals surface area contributed by atoms with Gasteiger partial charge in [-0.15, -0.1) is 0 Å². The lowest BCUT2D eigenvalue weighted by Gasteiger charge is -2.39. The number of nitrogens with one attached hydrogen (secondary N) is 3. The van der Waals surface area contributed by atoms with Gasteiger partial charge in [-0.1, -0.05) is 11.6 Å². The van der Waals surface area contributed by atoms with Crippen LogP contribution in [0.2, 0.25) is 5.02 Å². The van der Waals surface area contributed by atoms with E-state index in [4.69, 9.17) is 21.1 Å². The van der Waals surface area contributed by atoms with E-state index in [2.05, 4.69) is 25.5 Å². The van der Waals surface area contributed by atoms with Crippen LogP contribution in [0.5, 0.6) is 5.75 Å². The van der Waals surface area contributed by atoms with Gasteiger partial charge in [0.25, 0.3) is 0 Å². The van der Waals surface area contributed by atoms with E-state index in [0.717, 1.165) is 50.2 Å². The highest BCUT2D eigenvalue weighted by Crippen LogP contribution is 2.36. The van der Waals surface area contributed by atoms with Crippen LogP contribution in [0.3, 0.4) is 0 Å². The number of piperidine rings is 1. The maximum atomic E-state index is 13.5. The van der Waals surface area contributed by atoms with Crippen LogP contribution in [0.4, 0.5) is 17.2 Å². The number of rotatable bonds is 8. The molecule has 0 saturated carbocycles. The van der Waals surface area contributed by atoms with Crippen molar-refractivity contribution in [1.82, 2.24) is 19.2 Å². The van der Waals surface area contributed by atoms with Gasteiger partial charge in [-0.3, -0.25) is 4.90 Å². The van der Waals surface area contributed by atoms with Crippen LogP contribution < -0.4 is 15.4 Å². The molecule has 0 bridgehead atoms. The number of H-pyrrole nitrogens is 1. The van der Waals surface area contributed by atoms with E-state index < -0.39 is 10.0 Å². The third-order valence-corrected chi connectivity index (χ3v) is 9.29. The number of pyridine rings is 1. The first kappa shape index (κ1) is 27.0. The molecule has 2 saturated heterocycles. The number of nitrogens with zero attached hydrogens (tertiary/aromatic N) is 3. The second-order valence-corrected chi connectivity index (χ2v) is 12.3. The number of sulfonamides is 1. The second kappa shape index (κ2) is 11.3. The van der Waals surface area contributed by atoms with Crippen molar-refractivity contribution in [2.24, 2.45) is 0 Å². The Hall–Kier alpha value is -2.57. The fourth-order valence-electron chi connectivity index (χ4n) is 5.20. The monoisotopic (exact) mass is 562 g/mol. The summed E-state index contributed by atoms with van der Waals surface area (Å²) in [6, 6.07) is 7.38. The van der Waals surface area contributed by atoms with Crippen LogP contribution in [0, 0.1) is 0 Å². The number of methoxy groups -OCH3 is 1. The molecule has 0 unspecified atom stereocenters. The number of halogens is 1. The topological polar surface area (TPSA) is 112 Å². The number of anilines is 3. The predicted octanol–water partition coefficient (Wildman–Crippen LogP) is 4.27. The molecule has 12 heteroatoms. The molecule has 1 aromatic carbocycles. The summed E-state index contributed by atoms with van der Waals surface area (Å²) in [5, 5.41) is 8.09. The van der Waals surface area contributed by atoms with Crippen molar-refractivity contribution in [3.05, 3.63) is 35.5 Å². The Bertz CT molecular complexity index is 1380. The molecule has 38 heavy (non-hydrogen) atoms. The van der Waals surface area contributed by atoms with E-state index >= 15 is 0 Å². The number of aromatic amines is 1. The molecule has 0 atom stereocenters. The summed E-state index contributed by atoms with van der Waals surface area (Å²) in [5.74, 6) is 0.984. The smallest absolute Gasteiger partial charge is 0.243 e. The fraction of sp³-hybridized carbons (Fsp3) is 0.500. The van der Waals surface area contributed by atoms with Crippen molar-refractivity contribution in [3.8, 4) is 5.75 Å². The molecule has 2 aliphatic rings. The SMILES string of the molecule is COc1cc(S(=O)(=O)N2CCC(N3CCOCC3)CC2)ccc1Nc1cc(NC(C)C)c2c(Cl)c[nH]c2n1. The zero-order valence-electron chi connectivity index (χ0n) is 22.0. The third kappa shape index (κ3) is 5.57. The Balaban J connectivity index is 1.34. The highest BCUT2D eigenvalue weighted by molar-refractivity contribution is 7.89. The van der Waals surface area contributed by atoms with E-state index in [1.165, 1.54) is 7.11 Å². The average Bonchev–Trinajstić information content (AvgIpc) is 3.29. The first-order valence-electron chi connectivity index (χ1n) is 13.0. The minimum Gasteiger partial charge on any atom is -0.495 e. The zero-order chi connectivity index (χ0) is 26.9. The Morgan fingerprint density at radius 2 is 1.87 bits per heavy atom.